The maximum absolute atomic E-state index is 11.2. The van der Waals surface area contributed by atoms with Gasteiger partial charge in [0.2, 0.25) is 0 Å². The van der Waals surface area contributed by atoms with Crippen LogP contribution in [0.2, 0.25) is 0 Å². The molecule has 0 aliphatic heterocycles. The Hall–Kier alpha value is -1.23. The Morgan fingerprint density at radius 2 is 2.17 bits per heavy atom. The van der Waals surface area contributed by atoms with Crippen molar-refractivity contribution in [2.75, 3.05) is 19.5 Å². The molecular weight excluding hydrogens is 250 g/mol. The number of thioether (sulfide) groups is 1. The van der Waals surface area contributed by atoms with Gasteiger partial charge in [0.25, 0.3) is 0 Å². The zero-order chi connectivity index (χ0) is 13.5. The molecular formula is C13H19NO3S. The van der Waals surface area contributed by atoms with Crippen LogP contribution in [0.5, 0.6) is 5.75 Å². The molecule has 0 saturated heterocycles. The third-order valence-electron chi connectivity index (χ3n) is 2.51. The summed E-state index contributed by atoms with van der Waals surface area (Å²) in [7, 11) is 1.66. The van der Waals surface area contributed by atoms with Crippen LogP contribution in [0.25, 0.3) is 0 Å². The summed E-state index contributed by atoms with van der Waals surface area (Å²) >= 11 is 1.50. The number of ether oxygens (including phenoxy) is 2. The summed E-state index contributed by atoms with van der Waals surface area (Å²) in [5, 5.41) is 0. The van der Waals surface area contributed by atoms with Crippen molar-refractivity contribution in [3.8, 4) is 5.75 Å². The van der Waals surface area contributed by atoms with Crippen molar-refractivity contribution >= 4 is 17.7 Å². The van der Waals surface area contributed by atoms with E-state index < -0.39 is 0 Å². The first-order valence-corrected chi connectivity index (χ1v) is 6.98. The number of methoxy groups -OCH3 is 1. The average molecular weight is 269 g/mol. The minimum absolute atomic E-state index is 0.181. The second-order valence-corrected chi connectivity index (χ2v) is 4.83. The van der Waals surface area contributed by atoms with Gasteiger partial charge in [-0.1, -0.05) is 0 Å². The van der Waals surface area contributed by atoms with E-state index in [-0.39, 0.29) is 5.97 Å². The summed E-state index contributed by atoms with van der Waals surface area (Å²) in [5.74, 6) is 1.72. The molecule has 0 unspecified atom stereocenters. The molecule has 0 radical (unpaired) electrons. The highest BCUT2D eigenvalue weighted by molar-refractivity contribution is 7.99. The van der Waals surface area contributed by atoms with Gasteiger partial charge in [-0.2, -0.15) is 0 Å². The van der Waals surface area contributed by atoms with E-state index in [9.17, 15) is 4.79 Å². The number of aryl methyl sites for hydroxylation is 1. The number of nitrogens with zero attached hydrogens (tertiary/aromatic N) is 1. The van der Waals surface area contributed by atoms with E-state index in [1.54, 1.807) is 20.2 Å². The smallest absolute Gasteiger partial charge is 0.315 e. The van der Waals surface area contributed by atoms with E-state index in [1.165, 1.54) is 11.8 Å². The second-order valence-electron chi connectivity index (χ2n) is 3.84. The molecule has 0 spiro atoms. The molecule has 0 N–H and O–H groups in total. The highest BCUT2D eigenvalue weighted by Gasteiger charge is 2.10. The topological polar surface area (TPSA) is 48.4 Å². The van der Waals surface area contributed by atoms with Crippen molar-refractivity contribution in [2.24, 2.45) is 0 Å². The van der Waals surface area contributed by atoms with Crippen molar-refractivity contribution < 1.29 is 14.3 Å². The van der Waals surface area contributed by atoms with Gasteiger partial charge in [-0.25, -0.2) is 0 Å². The lowest BCUT2D eigenvalue weighted by Crippen LogP contribution is -2.07. The zero-order valence-corrected chi connectivity index (χ0v) is 12.1. The Labute approximate surface area is 112 Å². The highest BCUT2D eigenvalue weighted by atomic mass is 32.2. The SMILES string of the molecule is CCOC(=O)CSCc1ncc(C)c(OC)c1C. The van der Waals surface area contributed by atoms with Gasteiger partial charge in [-0.15, -0.1) is 11.8 Å². The molecule has 0 aliphatic carbocycles. The van der Waals surface area contributed by atoms with Crippen molar-refractivity contribution in [3.63, 3.8) is 0 Å². The molecule has 18 heavy (non-hydrogen) atoms. The second kappa shape index (κ2) is 7.26. The summed E-state index contributed by atoms with van der Waals surface area (Å²) in [6.45, 7) is 6.18. The quantitative estimate of drug-likeness (QED) is 0.743. The van der Waals surface area contributed by atoms with Gasteiger partial charge in [-0.3, -0.25) is 9.78 Å². The lowest BCUT2D eigenvalue weighted by atomic mass is 10.1. The van der Waals surface area contributed by atoms with E-state index in [2.05, 4.69) is 4.98 Å². The van der Waals surface area contributed by atoms with E-state index in [0.29, 0.717) is 18.1 Å². The molecule has 5 heteroatoms. The van der Waals surface area contributed by atoms with Crippen LogP contribution in [0, 0.1) is 13.8 Å². The minimum atomic E-state index is -0.181. The summed E-state index contributed by atoms with van der Waals surface area (Å²) in [5.41, 5.74) is 3.01. The summed E-state index contributed by atoms with van der Waals surface area (Å²) in [6.07, 6.45) is 1.80. The summed E-state index contributed by atoms with van der Waals surface area (Å²) < 4.78 is 10.2. The van der Waals surface area contributed by atoms with Crippen LogP contribution in [0.3, 0.4) is 0 Å². The fraction of sp³-hybridized carbons (Fsp3) is 0.538. The Morgan fingerprint density at radius 1 is 1.44 bits per heavy atom. The number of pyridine rings is 1. The normalized spacial score (nSPS) is 10.2. The molecule has 0 aliphatic rings. The van der Waals surface area contributed by atoms with Crippen LogP contribution in [0.4, 0.5) is 0 Å². The number of esters is 1. The van der Waals surface area contributed by atoms with Crippen molar-refractivity contribution in [1.82, 2.24) is 4.98 Å². The van der Waals surface area contributed by atoms with Crippen molar-refractivity contribution in [1.29, 1.82) is 0 Å². The first-order chi connectivity index (χ1) is 8.60. The monoisotopic (exact) mass is 269 g/mol. The molecule has 0 bridgehead atoms. The number of rotatable bonds is 6. The van der Waals surface area contributed by atoms with Crippen LogP contribution < -0.4 is 4.74 Å². The molecule has 100 valence electrons. The van der Waals surface area contributed by atoms with E-state index in [0.717, 1.165) is 22.6 Å². The maximum atomic E-state index is 11.2. The molecule has 1 aromatic heterocycles. The minimum Gasteiger partial charge on any atom is -0.496 e. The molecule has 0 amide bonds. The molecule has 0 fully saturated rings. The van der Waals surface area contributed by atoms with Crippen LogP contribution in [-0.2, 0) is 15.3 Å². The Bertz CT molecular complexity index is 421. The van der Waals surface area contributed by atoms with Gasteiger partial charge in [0, 0.05) is 23.1 Å². The van der Waals surface area contributed by atoms with Crippen molar-refractivity contribution in [2.45, 2.75) is 26.5 Å². The predicted molar refractivity (Wildman–Crippen MR) is 73.1 cm³/mol. The first-order valence-electron chi connectivity index (χ1n) is 5.82. The Balaban J connectivity index is 2.60. The Kier molecular flexibility index (Phi) is 5.98. The van der Waals surface area contributed by atoms with Crippen LogP contribution >= 0.6 is 11.8 Å². The number of hydrogen-bond acceptors (Lipinski definition) is 5. The van der Waals surface area contributed by atoms with Crippen LogP contribution in [0.15, 0.2) is 6.20 Å². The largest absolute Gasteiger partial charge is 0.496 e. The summed E-state index contributed by atoms with van der Waals surface area (Å²) in [4.78, 5) is 15.6. The van der Waals surface area contributed by atoms with Gasteiger partial charge in [0.1, 0.15) is 5.75 Å². The number of hydrogen-bond donors (Lipinski definition) is 0. The molecule has 1 heterocycles. The van der Waals surface area contributed by atoms with E-state index >= 15 is 0 Å². The van der Waals surface area contributed by atoms with E-state index in [4.69, 9.17) is 9.47 Å². The van der Waals surface area contributed by atoms with Gasteiger partial charge >= 0.3 is 5.97 Å². The van der Waals surface area contributed by atoms with Gasteiger partial charge in [0.15, 0.2) is 0 Å². The molecule has 0 saturated carbocycles. The standard InChI is InChI=1S/C13H19NO3S/c1-5-17-12(15)8-18-7-11-10(3)13(16-4)9(2)6-14-11/h6H,5,7-8H2,1-4H3. The molecule has 1 aromatic rings. The maximum Gasteiger partial charge on any atom is 0.315 e. The van der Waals surface area contributed by atoms with Gasteiger partial charge < -0.3 is 9.47 Å². The Morgan fingerprint density at radius 3 is 2.78 bits per heavy atom. The lowest BCUT2D eigenvalue weighted by Gasteiger charge is -2.11. The predicted octanol–water partition coefficient (Wildman–Crippen LogP) is 2.50. The number of aromatic nitrogens is 1. The molecule has 1 rings (SSSR count). The average Bonchev–Trinajstić information content (AvgIpc) is 2.33. The lowest BCUT2D eigenvalue weighted by molar-refractivity contribution is -0.139. The molecule has 4 nitrogen and oxygen atoms in total. The van der Waals surface area contributed by atoms with Gasteiger partial charge in [0.05, 0.1) is 25.2 Å². The molecule has 0 atom stereocenters. The van der Waals surface area contributed by atoms with Crippen LogP contribution in [0.1, 0.15) is 23.7 Å². The number of carbonyl (C=O) groups is 1. The van der Waals surface area contributed by atoms with Crippen molar-refractivity contribution in [3.05, 3.63) is 23.0 Å². The first kappa shape index (κ1) is 14.8. The number of carbonyl (C=O) groups excluding carboxylic acids is 1. The fourth-order valence-corrected chi connectivity index (χ4v) is 2.49. The fourth-order valence-electron chi connectivity index (χ4n) is 1.65. The van der Waals surface area contributed by atoms with Crippen LogP contribution in [-0.4, -0.2) is 30.4 Å². The third kappa shape index (κ3) is 3.91. The van der Waals surface area contributed by atoms with E-state index in [1.807, 2.05) is 13.8 Å². The van der Waals surface area contributed by atoms with Gasteiger partial charge in [-0.05, 0) is 20.8 Å². The third-order valence-corrected chi connectivity index (χ3v) is 3.43. The summed E-state index contributed by atoms with van der Waals surface area (Å²) in [6, 6.07) is 0. The molecule has 0 aromatic carbocycles. The highest BCUT2D eigenvalue weighted by Crippen LogP contribution is 2.26. The zero-order valence-electron chi connectivity index (χ0n) is 11.3.